The third-order valence-electron chi connectivity index (χ3n) is 2.54. The van der Waals surface area contributed by atoms with Crippen molar-refractivity contribution < 1.29 is 9.53 Å². The van der Waals surface area contributed by atoms with E-state index in [1.54, 1.807) is 25.2 Å². The van der Waals surface area contributed by atoms with Gasteiger partial charge in [0, 0.05) is 6.54 Å². The van der Waals surface area contributed by atoms with Crippen molar-refractivity contribution in [3.05, 3.63) is 29.3 Å². The van der Waals surface area contributed by atoms with Crippen LogP contribution in [0.3, 0.4) is 0 Å². The van der Waals surface area contributed by atoms with Crippen LogP contribution >= 0.6 is 11.3 Å². The van der Waals surface area contributed by atoms with Crippen molar-refractivity contribution in [1.29, 1.82) is 0 Å². The van der Waals surface area contributed by atoms with E-state index in [1.807, 2.05) is 24.3 Å². The minimum absolute atomic E-state index is 0.224. The largest absolute Gasteiger partial charge is 0.465 e. The standard InChI is InChI=1S/C13H16N2O2S/c1-3-17-13(16)9(2)14-8-12-15-10-6-4-5-7-11(10)18-12/h4-7,9,14H,3,8H2,1-2H3. The molecule has 0 aliphatic rings. The highest BCUT2D eigenvalue weighted by molar-refractivity contribution is 7.18. The van der Waals surface area contributed by atoms with Crippen molar-refractivity contribution in [1.82, 2.24) is 10.3 Å². The van der Waals surface area contributed by atoms with Gasteiger partial charge < -0.3 is 4.74 Å². The average Bonchev–Trinajstić information content (AvgIpc) is 2.78. The maximum atomic E-state index is 11.4. The Hall–Kier alpha value is -1.46. The number of esters is 1. The van der Waals surface area contributed by atoms with Crippen LogP contribution in [-0.4, -0.2) is 23.6 Å². The van der Waals surface area contributed by atoms with Crippen LogP contribution in [0.1, 0.15) is 18.9 Å². The number of hydrogen-bond acceptors (Lipinski definition) is 5. The first-order valence-corrected chi connectivity index (χ1v) is 6.77. The van der Waals surface area contributed by atoms with E-state index in [4.69, 9.17) is 4.74 Å². The molecule has 0 aliphatic carbocycles. The summed E-state index contributed by atoms with van der Waals surface area (Å²) in [6.45, 7) is 4.59. The molecule has 4 nitrogen and oxygen atoms in total. The lowest BCUT2D eigenvalue weighted by Crippen LogP contribution is -2.34. The fraction of sp³-hybridized carbons (Fsp3) is 0.385. The number of rotatable bonds is 5. The van der Waals surface area contributed by atoms with Gasteiger partial charge in [0.05, 0.1) is 16.8 Å². The van der Waals surface area contributed by atoms with Crippen molar-refractivity contribution in [3.63, 3.8) is 0 Å². The fourth-order valence-corrected chi connectivity index (χ4v) is 2.50. The molecule has 18 heavy (non-hydrogen) atoms. The summed E-state index contributed by atoms with van der Waals surface area (Å²) in [4.78, 5) is 15.9. The van der Waals surface area contributed by atoms with Gasteiger partial charge in [-0.2, -0.15) is 0 Å². The van der Waals surface area contributed by atoms with Gasteiger partial charge in [-0.25, -0.2) is 4.98 Å². The number of ether oxygens (including phenoxy) is 1. The first kappa shape index (κ1) is 13.0. The predicted molar refractivity (Wildman–Crippen MR) is 72.6 cm³/mol. The minimum Gasteiger partial charge on any atom is -0.465 e. The second-order valence-corrected chi connectivity index (χ2v) is 5.05. The first-order valence-electron chi connectivity index (χ1n) is 5.95. The van der Waals surface area contributed by atoms with E-state index < -0.39 is 0 Å². The summed E-state index contributed by atoms with van der Waals surface area (Å²) in [6, 6.07) is 7.70. The van der Waals surface area contributed by atoms with E-state index in [2.05, 4.69) is 10.3 Å². The molecule has 2 aromatic rings. The summed E-state index contributed by atoms with van der Waals surface area (Å²) in [5.41, 5.74) is 1.00. The highest BCUT2D eigenvalue weighted by atomic mass is 32.1. The fourth-order valence-electron chi connectivity index (χ4n) is 1.59. The maximum Gasteiger partial charge on any atom is 0.322 e. The molecule has 0 radical (unpaired) electrons. The molecule has 0 saturated heterocycles. The van der Waals surface area contributed by atoms with Crippen LogP contribution in [0.4, 0.5) is 0 Å². The molecule has 5 heteroatoms. The van der Waals surface area contributed by atoms with Gasteiger partial charge in [0.1, 0.15) is 11.0 Å². The number of thiazole rings is 1. The zero-order chi connectivity index (χ0) is 13.0. The Kier molecular flexibility index (Phi) is 4.28. The third kappa shape index (κ3) is 3.05. The maximum absolute atomic E-state index is 11.4. The number of nitrogens with zero attached hydrogens (tertiary/aromatic N) is 1. The molecule has 1 heterocycles. The number of nitrogens with one attached hydrogen (secondary N) is 1. The summed E-state index contributed by atoms with van der Waals surface area (Å²) in [5, 5.41) is 4.10. The van der Waals surface area contributed by atoms with Gasteiger partial charge in [-0.15, -0.1) is 11.3 Å². The Morgan fingerprint density at radius 1 is 1.50 bits per heavy atom. The summed E-state index contributed by atoms with van der Waals surface area (Å²) >= 11 is 1.64. The molecule has 0 saturated carbocycles. The molecule has 0 fully saturated rings. The SMILES string of the molecule is CCOC(=O)C(C)NCc1nc2ccccc2s1. The molecule has 1 atom stereocenters. The molecule has 2 rings (SSSR count). The number of benzene rings is 1. The summed E-state index contributed by atoms with van der Waals surface area (Å²) < 4.78 is 6.10. The molecular weight excluding hydrogens is 248 g/mol. The Bertz CT molecular complexity index is 506. The summed E-state index contributed by atoms with van der Waals surface area (Å²) in [7, 11) is 0. The smallest absolute Gasteiger partial charge is 0.322 e. The number of carbonyl (C=O) groups is 1. The first-order chi connectivity index (χ1) is 8.70. The molecule has 0 amide bonds. The Morgan fingerprint density at radius 2 is 2.28 bits per heavy atom. The zero-order valence-corrected chi connectivity index (χ0v) is 11.3. The predicted octanol–water partition coefficient (Wildman–Crippen LogP) is 2.34. The number of hydrogen-bond donors (Lipinski definition) is 1. The molecular formula is C13H16N2O2S. The lowest BCUT2D eigenvalue weighted by molar-refractivity contribution is -0.145. The molecule has 96 valence electrons. The monoisotopic (exact) mass is 264 g/mol. The number of para-hydroxylation sites is 1. The van der Waals surface area contributed by atoms with Gasteiger partial charge in [0.2, 0.25) is 0 Å². The third-order valence-corrected chi connectivity index (χ3v) is 3.57. The second-order valence-electron chi connectivity index (χ2n) is 3.93. The Morgan fingerprint density at radius 3 is 3.00 bits per heavy atom. The lowest BCUT2D eigenvalue weighted by Gasteiger charge is -2.10. The molecule has 1 unspecified atom stereocenters. The average molecular weight is 264 g/mol. The van der Waals surface area contributed by atoms with E-state index in [1.165, 1.54) is 0 Å². The van der Waals surface area contributed by atoms with E-state index in [-0.39, 0.29) is 12.0 Å². The van der Waals surface area contributed by atoms with E-state index >= 15 is 0 Å². The van der Waals surface area contributed by atoms with Crippen molar-refractivity contribution in [3.8, 4) is 0 Å². The van der Waals surface area contributed by atoms with Crippen LogP contribution in [0.5, 0.6) is 0 Å². The van der Waals surface area contributed by atoms with E-state index in [0.717, 1.165) is 15.2 Å². The van der Waals surface area contributed by atoms with E-state index in [9.17, 15) is 4.79 Å². The number of fused-ring (bicyclic) bond motifs is 1. The van der Waals surface area contributed by atoms with Gasteiger partial charge in [-0.1, -0.05) is 12.1 Å². The number of carbonyl (C=O) groups excluding carboxylic acids is 1. The molecule has 0 aliphatic heterocycles. The summed E-state index contributed by atoms with van der Waals surface area (Å²) in [5.74, 6) is -0.224. The van der Waals surface area contributed by atoms with Crippen LogP contribution in [0.2, 0.25) is 0 Å². The number of aromatic nitrogens is 1. The molecule has 1 aromatic carbocycles. The molecule has 1 N–H and O–H groups in total. The Labute approximate surface area is 110 Å². The highest BCUT2D eigenvalue weighted by Crippen LogP contribution is 2.21. The van der Waals surface area contributed by atoms with Crippen molar-refractivity contribution in [2.45, 2.75) is 26.4 Å². The second kappa shape index (κ2) is 5.93. The molecule has 0 bridgehead atoms. The lowest BCUT2D eigenvalue weighted by atomic mass is 10.3. The van der Waals surface area contributed by atoms with Gasteiger partial charge in [-0.3, -0.25) is 10.1 Å². The van der Waals surface area contributed by atoms with Crippen LogP contribution in [-0.2, 0) is 16.1 Å². The Balaban J connectivity index is 1.95. The molecule has 1 aromatic heterocycles. The van der Waals surface area contributed by atoms with Crippen LogP contribution < -0.4 is 5.32 Å². The van der Waals surface area contributed by atoms with Crippen molar-refractivity contribution in [2.75, 3.05) is 6.61 Å². The summed E-state index contributed by atoms with van der Waals surface area (Å²) in [6.07, 6.45) is 0. The van der Waals surface area contributed by atoms with Gasteiger partial charge in [-0.05, 0) is 26.0 Å². The van der Waals surface area contributed by atoms with Crippen molar-refractivity contribution >= 4 is 27.5 Å². The van der Waals surface area contributed by atoms with Gasteiger partial charge in [0.25, 0.3) is 0 Å². The van der Waals surface area contributed by atoms with Crippen LogP contribution in [0, 0.1) is 0 Å². The zero-order valence-electron chi connectivity index (χ0n) is 10.5. The van der Waals surface area contributed by atoms with Gasteiger partial charge in [0.15, 0.2) is 0 Å². The van der Waals surface area contributed by atoms with Crippen molar-refractivity contribution in [2.24, 2.45) is 0 Å². The topological polar surface area (TPSA) is 51.2 Å². The van der Waals surface area contributed by atoms with Crippen LogP contribution in [0.15, 0.2) is 24.3 Å². The normalized spacial score (nSPS) is 12.6. The van der Waals surface area contributed by atoms with E-state index in [0.29, 0.717) is 13.2 Å². The van der Waals surface area contributed by atoms with Gasteiger partial charge >= 0.3 is 5.97 Å². The minimum atomic E-state index is -0.308. The quantitative estimate of drug-likeness (QED) is 0.842. The molecule has 0 spiro atoms. The highest BCUT2D eigenvalue weighted by Gasteiger charge is 2.13. The van der Waals surface area contributed by atoms with Crippen LogP contribution in [0.25, 0.3) is 10.2 Å².